The normalized spacial score (nSPS) is 9.14. The van der Waals surface area contributed by atoms with Gasteiger partial charge in [-0.05, 0) is 23.8 Å². The second kappa shape index (κ2) is 11.1. The quantitative estimate of drug-likeness (QED) is 0.431. The molecule has 3 rings (SSSR count). The Morgan fingerprint density at radius 1 is 0.364 bits per heavy atom. The topological polar surface area (TPSA) is 0 Å². The lowest BCUT2D eigenvalue weighted by atomic mass is 10.4. The van der Waals surface area contributed by atoms with E-state index in [-0.39, 0.29) is 50.9 Å². The van der Waals surface area contributed by atoms with Gasteiger partial charge in [-0.15, -0.1) is 50.9 Å². The van der Waals surface area contributed by atoms with Crippen LogP contribution in [0.3, 0.4) is 0 Å². The summed E-state index contributed by atoms with van der Waals surface area (Å²) in [6, 6.07) is 32.3. The number of rotatable bonds is 3. The highest BCUT2D eigenvalue weighted by Crippen LogP contribution is 2.32. The Morgan fingerprint density at radius 3 is 0.818 bits per heavy atom. The van der Waals surface area contributed by atoms with Gasteiger partial charge >= 0.3 is 0 Å². The minimum atomic E-state index is -0.446. The standard InChI is InChI=1S/C18H15P.3BrH/c1-4-10-16(11-5-1)19(17-12-6-2-7-13-17)18-14-8-3-9-15-18;;;/h1-15H;3*1H. The van der Waals surface area contributed by atoms with Crippen molar-refractivity contribution in [2.24, 2.45) is 0 Å². The lowest BCUT2D eigenvalue weighted by molar-refractivity contribution is 1.74. The molecule has 0 radical (unpaired) electrons. The summed E-state index contributed by atoms with van der Waals surface area (Å²) in [5.74, 6) is 0. The fourth-order valence-corrected chi connectivity index (χ4v) is 4.48. The molecule has 0 N–H and O–H groups in total. The Hall–Kier alpha value is -0.470. The summed E-state index contributed by atoms with van der Waals surface area (Å²) < 4.78 is 0. The van der Waals surface area contributed by atoms with E-state index < -0.39 is 7.92 Å². The van der Waals surface area contributed by atoms with Gasteiger partial charge in [0.15, 0.2) is 0 Å². The van der Waals surface area contributed by atoms with Crippen molar-refractivity contribution in [3.05, 3.63) is 91.0 Å². The lowest BCUT2D eigenvalue weighted by Crippen LogP contribution is -2.20. The first kappa shape index (κ1) is 21.5. The fourth-order valence-electron chi connectivity index (χ4n) is 2.18. The Labute approximate surface area is 165 Å². The van der Waals surface area contributed by atoms with Crippen LogP contribution in [-0.4, -0.2) is 0 Å². The maximum absolute atomic E-state index is 2.23. The smallest absolute Gasteiger partial charge is 0.0134 e. The Balaban J connectivity index is 0.00000147. The Bertz CT molecular complexity index is 536. The van der Waals surface area contributed by atoms with Crippen LogP contribution in [-0.2, 0) is 0 Å². The zero-order chi connectivity index (χ0) is 12.9. The van der Waals surface area contributed by atoms with Crippen molar-refractivity contribution in [2.45, 2.75) is 0 Å². The maximum atomic E-state index is 2.23. The van der Waals surface area contributed by atoms with E-state index in [1.54, 1.807) is 0 Å². The van der Waals surface area contributed by atoms with E-state index in [2.05, 4.69) is 91.0 Å². The molecule has 0 spiro atoms. The summed E-state index contributed by atoms with van der Waals surface area (Å²) in [4.78, 5) is 0. The van der Waals surface area contributed by atoms with Gasteiger partial charge in [-0.3, -0.25) is 0 Å². The average Bonchev–Trinajstić information content (AvgIpc) is 2.51. The van der Waals surface area contributed by atoms with E-state index in [0.717, 1.165) is 0 Å². The molecule has 3 aromatic carbocycles. The fraction of sp³-hybridized carbons (Fsp3) is 0. The van der Waals surface area contributed by atoms with Gasteiger partial charge < -0.3 is 0 Å². The molecular weight excluding hydrogens is 487 g/mol. The summed E-state index contributed by atoms with van der Waals surface area (Å²) >= 11 is 0. The first-order valence-corrected chi connectivity index (χ1v) is 7.74. The van der Waals surface area contributed by atoms with Gasteiger partial charge in [-0.2, -0.15) is 0 Å². The van der Waals surface area contributed by atoms with E-state index >= 15 is 0 Å². The van der Waals surface area contributed by atoms with Gasteiger partial charge in [0.25, 0.3) is 0 Å². The van der Waals surface area contributed by atoms with Crippen molar-refractivity contribution in [3.63, 3.8) is 0 Å². The van der Waals surface area contributed by atoms with Crippen LogP contribution in [0.1, 0.15) is 0 Å². The van der Waals surface area contributed by atoms with Crippen LogP contribution >= 0.6 is 58.9 Å². The molecule has 0 aliphatic carbocycles. The number of benzene rings is 3. The lowest BCUT2D eigenvalue weighted by Gasteiger charge is -2.18. The maximum Gasteiger partial charge on any atom is -0.0134 e. The minimum Gasteiger partial charge on any atom is -0.114 e. The third-order valence-electron chi connectivity index (χ3n) is 3.04. The van der Waals surface area contributed by atoms with Crippen molar-refractivity contribution in [2.75, 3.05) is 0 Å². The largest absolute Gasteiger partial charge is 0.114 e. The molecule has 4 heteroatoms. The molecule has 0 amide bonds. The second-order valence-electron chi connectivity index (χ2n) is 4.34. The van der Waals surface area contributed by atoms with Crippen molar-refractivity contribution in [3.8, 4) is 0 Å². The third kappa shape index (κ3) is 5.31. The first-order chi connectivity index (χ1) is 9.45. The minimum absolute atomic E-state index is 0. The molecule has 3 aromatic rings. The van der Waals surface area contributed by atoms with Crippen LogP contribution in [0.2, 0.25) is 0 Å². The van der Waals surface area contributed by atoms with Crippen molar-refractivity contribution >= 4 is 74.8 Å². The molecule has 116 valence electrons. The molecule has 0 nitrogen and oxygen atoms in total. The number of hydrogen-bond acceptors (Lipinski definition) is 0. The molecule has 0 saturated carbocycles. The Morgan fingerprint density at radius 2 is 0.591 bits per heavy atom. The molecule has 0 aromatic heterocycles. The predicted octanol–water partition coefficient (Wildman–Crippen LogP) is 5.18. The van der Waals surface area contributed by atoms with E-state index in [0.29, 0.717) is 0 Å². The van der Waals surface area contributed by atoms with E-state index in [1.807, 2.05) is 0 Å². The molecule has 0 aliphatic heterocycles. The average molecular weight is 505 g/mol. The molecule has 0 unspecified atom stereocenters. The van der Waals surface area contributed by atoms with Crippen LogP contribution in [0.5, 0.6) is 0 Å². The Kier molecular flexibility index (Phi) is 10.9. The molecule has 0 heterocycles. The number of hydrogen-bond donors (Lipinski definition) is 0. The van der Waals surface area contributed by atoms with Gasteiger partial charge in [0, 0.05) is 0 Å². The summed E-state index contributed by atoms with van der Waals surface area (Å²) in [5.41, 5.74) is 0. The molecular formula is C18H18Br3P. The van der Waals surface area contributed by atoms with Gasteiger partial charge in [0.1, 0.15) is 0 Å². The van der Waals surface area contributed by atoms with E-state index in [9.17, 15) is 0 Å². The van der Waals surface area contributed by atoms with Gasteiger partial charge in [0.2, 0.25) is 0 Å². The highest BCUT2D eigenvalue weighted by Gasteiger charge is 2.14. The summed E-state index contributed by atoms with van der Waals surface area (Å²) in [6.07, 6.45) is 0. The predicted molar refractivity (Wildman–Crippen MR) is 116 cm³/mol. The van der Waals surface area contributed by atoms with Crippen LogP contribution in [0.4, 0.5) is 0 Å². The molecule has 22 heavy (non-hydrogen) atoms. The molecule has 0 fully saturated rings. The first-order valence-electron chi connectivity index (χ1n) is 6.40. The second-order valence-corrected chi connectivity index (χ2v) is 6.56. The zero-order valence-electron chi connectivity index (χ0n) is 11.8. The molecule has 0 bridgehead atoms. The highest BCUT2D eigenvalue weighted by atomic mass is 79.9. The van der Waals surface area contributed by atoms with Gasteiger partial charge in [-0.1, -0.05) is 91.0 Å². The monoisotopic (exact) mass is 502 g/mol. The van der Waals surface area contributed by atoms with E-state index in [4.69, 9.17) is 0 Å². The summed E-state index contributed by atoms with van der Waals surface area (Å²) in [7, 11) is -0.446. The van der Waals surface area contributed by atoms with Crippen LogP contribution in [0.25, 0.3) is 0 Å². The van der Waals surface area contributed by atoms with Gasteiger partial charge in [-0.25, -0.2) is 0 Å². The van der Waals surface area contributed by atoms with Crippen molar-refractivity contribution < 1.29 is 0 Å². The van der Waals surface area contributed by atoms with Crippen LogP contribution < -0.4 is 15.9 Å². The van der Waals surface area contributed by atoms with Crippen LogP contribution in [0.15, 0.2) is 91.0 Å². The highest BCUT2D eigenvalue weighted by molar-refractivity contribution is 8.93. The van der Waals surface area contributed by atoms with Crippen molar-refractivity contribution in [1.82, 2.24) is 0 Å². The number of halogens is 3. The third-order valence-corrected chi connectivity index (χ3v) is 5.49. The summed E-state index contributed by atoms with van der Waals surface area (Å²) in [6.45, 7) is 0. The van der Waals surface area contributed by atoms with Gasteiger partial charge in [0.05, 0.1) is 0 Å². The van der Waals surface area contributed by atoms with E-state index in [1.165, 1.54) is 15.9 Å². The molecule has 0 aliphatic rings. The zero-order valence-corrected chi connectivity index (χ0v) is 17.9. The SMILES string of the molecule is Br.Br.Br.c1ccc(P(c2ccccc2)c2ccccc2)cc1. The van der Waals surface area contributed by atoms with Crippen LogP contribution in [0, 0.1) is 0 Å². The molecule has 0 saturated heterocycles. The van der Waals surface area contributed by atoms with Crippen molar-refractivity contribution in [1.29, 1.82) is 0 Å². The molecule has 0 atom stereocenters. The summed E-state index contributed by atoms with van der Waals surface area (Å²) in [5, 5.41) is 4.19.